The Morgan fingerprint density at radius 2 is 2.00 bits per heavy atom. The fraction of sp³-hybridized carbons (Fsp3) is 0.667. The lowest BCUT2D eigenvalue weighted by Gasteiger charge is -2.29. The van der Waals surface area contributed by atoms with Crippen LogP contribution in [0.25, 0.3) is 0 Å². The lowest BCUT2D eigenvalue weighted by Crippen LogP contribution is -2.23. The molecule has 0 heterocycles. The Hall–Kier alpha value is -0.540. The van der Waals surface area contributed by atoms with Gasteiger partial charge >= 0.3 is 0 Å². The van der Waals surface area contributed by atoms with Crippen LogP contribution in [-0.4, -0.2) is 20.2 Å². The summed E-state index contributed by atoms with van der Waals surface area (Å²) in [5.41, 5.74) is 1.90. The molecule has 3 heteroatoms. The second kappa shape index (κ2) is 8.19. The molecule has 0 atom stereocenters. The Morgan fingerprint density at radius 1 is 1.24 bits per heavy atom. The van der Waals surface area contributed by atoms with Gasteiger partial charge in [0.15, 0.2) is 0 Å². The maximum atomic E-state index is 5.79. The molecule has 1 saturated carbocycles. The molecule has 0 bridgehead atoms. The van der Waals surface area contributed by atoms with E-state index in [9.17, 15) is 0 Å². The summed E-state index contributed by atoms with van der Waals surface area (Å²) in [6.45, 7) is 3.92. The van der Waals surface area contributed by atoms with E-state index in [0.717, 1.165) is 29.8 Å². The molecule has 1 fully saturated rings. The first kappa shape index (κ1) is 16.8. The number of halogens is 1. The van der Waals surface area contributed by atoms with Gasteiger partial charge in [-0.15, -0.1) is 0 Å². The SMILES string of the molecule is CCOc1ccc(Br)cc1CCC1(CCNC)CCCC1. The second-order valence-corrected chi connectivity index (χ2v) is 7.16. The molecule has 1 aliphatic rings. The number of hydrogen-bond acceptors (Lipinski definition) is 2. The summed E-state index contributed by atoms with van der Waals surface area (Å²) in [5.74, 6) is 1.06. The van der Waals surface area contributed by atoms with E-state index in [-0.39, 0.29) is 0 Å². The van der Waals surface area contributed by atoms with Crippen LogP contribution in [0.15, 0.2) is 22.7 Å². The van der Waals surface area contributed by atoms with Gasteiger partial charge in [-0.1, -0.05) is 28.8 Å². The maximum absolute atomic E-state index is 5.79. The lowest BCUT2D eigenvalue weighted by molar-refractivity contribution is 0.245. The molecule has 2 nitrogen and oxygen atoms in total. The zero-order chi connectivity index (χ0) is 15.1. The third-order valence-corrected chi connectivity index (χ3v) is 5.31. The van der Waals surface area contributed by atoms with Gasteiger partial charge in [-0.3, -0.25) is 0 Å². The second-order valence-electron chi connectivity index (χ2n) is 6.25. The first-order chi connectivity index (χ1) is 10.2. The smallest absolute Gasteiger partial charge is 0.122 e. The predicted octanol–water partition coefficient (Wildman–Crippen LogP) is 4.95. The molecule has 1 aromatic rings. The number of nitrogens with one attached hydrogen (secondary N) is 1. The molecule has 1 N–H and O–H groups in total. The first-order valence-electron chi connectivity index (χ1n) is 8.25. The van der Waals surface area contributed by atoms with Crippen LogP contribution >= 0.6 is 15.9 Å². The number of rotatable bonds is 8. The summed E-state index contributed by atoms with van der Waals surface area (Å²) in [4.78, 5) is 0. The Balaban J connectivity index is 2.04. The molecule has 0 radical (unpaired) electrons. The van der Waals surface area contributed by atoms with Crippen LogP contribution in [0.3, 0.4) is 0 Å². The molecular weight excluding hydrogens is 326 g/mol. The minimum atomic E-state index is 0.550. The van der Waals surface area contributed by atoms with Gasteiger partial charge in [0.2, 0.25) is 0 Å². The molecule has 0 unspecified atom stereocenters. The number of ether oxygens (including phenoxy) is 1. The van der Waals surface area contributed by atoms with Gasteiger partial charge in [0.05, 0.1) is 6.61 Å². The van der Waals surface area contributed by atoms with Crippen LogP contribution < -0.4 is 10.1 Å². The van der Waals surface area contributed by atoms with Gasteiger partial charge in [0.25, 0.3) is 0 Å². The van der Waals surface area contributed by atoms with Crippen LogP contribution in [0.4, 0.5) is 0 Å². The lowest BCUT2D eigenvalue weighted by atomic mass is 9.77. The highest BCUT2D eigenvalue weighted by atomic mass is 79.9. The number of benzene rings is 1. The van der Waals surface area contributed by atoms with E-state index in [1.807, 2.05) is 0 Å². The topological polar surface area (TPSA) is 21.3 Å². The summed E-state index contributed by atoms with van der Waals surface area (Å²) in [5, 5.41) is 3.33. The third-order valence-electron chi connectivity index (χ3n) is 4.82. The summed E-state index contributed by atoms with van der Waals surface area (Å²) in [6.07, 6.45) is 9.31. The van der Waals surface area contributed by atoms with Crippen molar-refractivity contribution in [3.63, 3.8) is 0 Å². The van der Waals surface area contributed by atoms with Crippen molar-refractivity contribution in [2.45, 2.75) is 51.9 Å². The quantitative estimate of drug-likeness (QED) is 0.713. The van der Waals surface area contributed by atoms with Crippen LogP contribution in [0.1, 0.15) is 51.0 Å². The predicted molar refractivity (Wildman–Crippen MR) is 93.1 cm³/mol. The molecule has 2 rings (SSSR count). The molecule has 118 valence electrons. The van der Waals surface area contributed by atoms with Crippen LogP contribution in [0.2, 0.25) is 0 Å². The minimum Gasteiger partial charge on any atom is -0.494 e. The van der Waals surface area contributed by atoms with E-state index in [0.29, 0.717) is 5.41 Å². The molecule has 0 saturated heterocycles. The average Bonchev–Trinajstić information content (AvgIpc) is 2.95. The van der Waals surface area contributed by atoms with E-state index in [1.165, 1.54) is 44.1 Å². The van der Waals surface area contributed by atoms with Crippen molar-refractivity contribution < 1.29 is 4.74 Å². The van der Waals surface area contributed by atoms with Gasteiger partial charge in [-0.05, 0) is 81.8 Å². The van der Waals surface area contributed by atoms with Gasteiger partial charge < -0.3 is 10.1 Å². The number of aryl methyl sites for hydroxylation is 1. The highest BCUT2D eigenvalue weighted by molar-refractivity contribution is 9.10. The van der Waals surface area contributed by atoms with Crippen LogP contribution in [0, 0.1) is 5.41 Å². The number of hydrogen-bond donors (Lipinski definition) is 1. The Kier molecular flexibility index (Phi) is 6.56. The van der Waals surface area contributed by atoms with Crippen molar-refractivity contribution in [3.05, 3.63) is 28.2 Å². The van der Waals surface area contributed by atoms with Crippen LogP contribution in [-0.2, 0) is 6.42 Å². The minimum absolute atomic E-state index is 0.550. The molecule has 21 heavy (non-hydrogen) atoms. The Morgan fingerprint density at radius 3 is 2.67 bits per heavy atom. The summed E-state index contributed by atoms with van der Waals surface area (Å²) in [7, 11) is 2.06. The van der Waals surface area contributed by atoms with Crippen molar-refractivity contribution in [1.29, 1.82) is 0 Å². The van der Waals surface area contributed by atoms with E-state index in [2.05, 4.69) is 53.4 Å². The van der Waals surface area contributed by atoms with Crippen molar-refractivity contribution in [2.75, 3.05) is 20.2 Å². The van der Waals surface area contributed by atoms with Gasteiger partial charge in [-0.2, -0.15) is 0 Å². The van der Waals surface area contributed by atoms with E-state index >= 15 is 0 Å². The van der Waals surface area contributed by atoms with Crippen molar-refractivity contribution >= 4 is 15.9 Å². The van der Waals surface area contributed by atoms with Gasteiger partial charge in [0.1, 0.15) is 5.75 Å². The van der Waals surface area contributed by atoms with Crippen LogP contribution in [0.5, 0.6) is 5.75 Å². The third kappa shape index (κ3) is 4.72. The van der Waals surface area contributed by atoms with Crippen molar-refractivity contribution in [3.8, 4) is 5.75 Å². The van der Waals surface area contributed by atoms with E-state index < -0.39 is 0 Å². The zero-order valence-electron chi connectivity index (χ0n) is 13.4. The Bertz CT molecular complexity index is 441. The molecule has 1 aromatic carbocycles. The molecule has 0 spiro atoms. The fourth-order valence-electron chi connectivity index (χ4n) is 3.58. The van der Waals surface area contributed by atoms with Gasteiger partial charge in [0, 0.05) is 4.47 Å². The van der Waals surface area contributed by atoms with E-state index in [1.54, 1.807) is 0 Å². The van der Waals surface area contributed by atoms with Crippen molar-refractivity contribution in [2.24, 2.45) is 5.41 Å². The van der Waals surface area contributed by atoms with Crippen molar-refractivity contribution in [1.82, 2.24) is 5.32 Å². The zero-order valence-corrected chi connectivity index (χ0v) is 15.0. The van der Waals surface area contributed by atoms with E-state index in [4.69, 9.17) is 4.74 Å². The highest BCUT2D eigenvalue weighted by Gasteiger charge is 2.32. The molecule has 0 aromatic heterocycles. The first-order valence-corrected chi connectivity index (χ1v) is 9.04. The normalized spacial score (nSPS) is 17.1. The molecule has 0 amide bonds. The maximum Gasteiger partial charge on any atom is 0.122 e. The average molecular weight is 354 g/mol. The molecular formula is C18H28BrNO. The molecule has 0 aliphatic heterocycles. The largest absolute Gasteiger partial charge is 0.494 e. The fourth-order valence-corrected chi connectivity index (χ4v) is 3.99. The van der Waals surface area contributed by atoms with Gasteiger partial charge in [-0.25, -0.2) is 0 Å². The summed E-state index contributed by atoms with van der Waals surface area (Å²) < 4.78 is 6.94. The standard InChI is InChI=1S/C18H28BrNO/c1-3-21-17-7-6-16(19)14-15(17)8-11-18(12-13-20-2)9-4-5-10-18/h6-7,14,20H,3-5,8-13H2,1-2H3. The molecule has 1 aliphatic carbocycles. The summed E-state index contributed by atoms with van der Waals surface area (Å²) in [6, 6.07) is 6.39. The monoisotopic (exact) mass is 353 g/mol. The summed E-state index contributed by atoms with van der Waals surface area (Å²) >= 11 is 3.59. The highest BCUT2D eigenvalue weighted by Crippen LogP contribution is 2.45. The Labute approximate surface area is 137 Å².